The molecule has 1 aliphatic carbocycles. The minimum atomic E-state index is -0.511. The van der Waals surface area contributed by atoms with Crippen molar-refractivity contribution in [3.05, 3.63) is 17.5 Å². The Morgan fingerprint density at radius 2 is 2.21 bits per heavy atom. The molecule has 0 spiro atoms. The van der Waals surface area contributed by atoms with Gasteiger partial charge in [-0.05, 0) is 38.2 Å². The molecular weight excluding hydrogens is 236 g/mol. The Bertz CT molecular complexity index is 413. The van der Waals surface area contributed by atoms with E-state index in [1.165, 1.54) is 25.7 Å². The third-order valence-corrected chi connectivity index (χ3v) is 4.58. The molecule has 1 heterocycles. The van der Waals surface area contributed by atoms with Gasteiger partial charge in [-0.25, -0.2) is 0 Å². The molecule has 1 fully saturated rings. The van der Waals surface area contributed by atoms with Crippen LogP contribution in [0.5, 0.6) is 0 Å². The van der Waals surface area contributed by atoms with Crippen molar-refractivity contribution < 1.29 is 5.11 Å². The minimum Gasteiger partial charge on any atom is -0.389 e. The Labute approximate surface area is 117 Å². The van der Waals surface area contributed by atoms with Gasteiger partial charge in [0.25, 0.3) is 0 Å². The number of hydrogen-bond donors (Lipinski definition) is 1. The highest BCUT2D eigenvalue weighted by Gasteiger charge is 2.31. The zero-order valence-electron chi connectivity index (χ0n) is 12.7. The standard InChI is InChI=1S/C16H28N2O/c1-4-6-14-7-5-9-16(19,10-8-14)12-15-11-13(2)17-18(15)3/h11,14,19H,4-10,12H2,1-3H3. The molecule has 0 radical (unpaired) electrons. The first-order valence-electron chi connectivity index (χ1n) is 7.74. The lowest BCUT2D eigenvalue weighted by molar-refractivity contribution is 0.0224. The summed E-state index contributed by atoms with van der Waals surface area (Å²) in [5.74, 6) is 0.826. The molecule has 0 saturated heterocycles. The molecule has 0 aliphatic heterocycles. The Kier molecular flexibility index (Phi) is 4.67. The summed E-state index contributed by atoms with van der Waals surface area (Å²) in [4.78, 5) is 0. The van der Waals surface area contributed by atoms with E-state index in [-0.39, 0.29) is 0 Å². The Morgan fingerprint density at radius 1 is 1.42 bits per heavy atom. The molecule has 1 N–H and O–H groups in total. The van der Waals surface area contributed by atoms with Crippen LogP contribution in [0.4, 0.5) is 0 Å². The van der Waals surface area contributed by atoms with Gasteiger partial charge in [-0.2, -0.15) is 5.10 Å². The topological polar surface area (TPSA) is 38.1 Å². The van der Waals surface area contributed by atoms with E-state index in [0.717, 1.165) is 43.0 Å². The summed E-state index contributed by atoms with van der Waals surface area (Å²) < 4.78 is 1.92. The minimum absolute atomic E-state index is 0.511. The second kappa shape index (κ2) is 6.08. The van der Waals surface area contributed by atoms with E-state index >= 15 is 0 Å². The highest BCUT2D eigenvalue weighted by molar-refractivity contribution is 5.11. The maximum absolute atomic E-state index is 10.9. The van der Waals surface area contributed by atoms with Gasteiger partial charge in [-0.3, -0.25) is 4.68 Å². The van der Waals surface area contributed by atoms with Crippen molar-refractivity contribution in [1.82, 2.24) is 9.78 Å². The van der Waals surface area contributed by atoms with Crippen molar-refractivity contribution in [2.45, 2.75) is 70.8 Å². The molecule has 1 aliphatic rings. The molecule has 3 nitrogen and oxygen atoms in total. The van der Waals surface area contributed by atoms with Crippen LogP contribution in [0.1, 0.15) is 63.3 Å². The smallest absolute Gasteiger partial charge is 0.0703 e. The summed E-state index contributed by atoms with van der Waals surface area (Å²) in [7, 11) is 1.97. The lowest BCUT2D eigenvalue weighted by atomic mass is 9.88. The molecule has 2 rings (SSSR count). The Balaban J connectivity index is 2.00. The monoisotopic (exact) mass is 264 g/mol. The van der Waals surface area contributed by atoms with Gasteiger partial charge in [0, 0.05) is 19.2 Å². The molecule has 1 aromatic rings. The predicted molar refractivity (Wildman–Crippen MR) is 78.1 cm³/mol. The fraction of sp³-hybridized carbons (Fsp3) is 0.812. The van der Waals surface area contributed by atoms with E-state index in [1.807, 2.05) is 18.7 Å². The van der Waals surface area contributed by atoms with Crippen molar-refractivity contribution in [2.24, 2.45) is 13.0 Å². The van der Waals surface area contributed by atoms with E-state index < -0.39 is 5.60 Å². The first kappa shape index (κ1) is 14.6. The largest absolute Gasteiger partial charge is 0.389 e. The molecule has 0 aromatic carbocycles. The van der Waals surface area contributed by atoms with Crippen LogP contribution in [-0.4, -0.2) is 20.5 Å². The second-order valence-electron chi connectivity index (χ2n) is 6.39. The number of aromatic nitrogens is 2. The van der Waals surface area contributed by atoms with Crippen molar-refractivity contribution in [1.29, 1.82) is 0 Å². The maximum Gasteiger partial charge on any atom is 0.0703 e. The first-order valence-corrected chi connectivity index (χ1v) is 7.74. The third kappa shape index (κ3) is 3.82. The molecule has 0 amide bonds. The van der Waals surface area contributed by atoms with Crippen LogP contribution in [0.25, 0.3) is 0 Å². The molecule has 0 bridgehead atoms. The van der Waals surface area contributed by atoms with Crippen LogP contribution in [0.15, 0.2) is 6.07 Å². The molecule has 1 aromatic heterocycles. The van der Waals surface area contributed by atoms with Gasteiger partial charge in [0.05, 0.1) is 11.3 Å². The van der Waals surface area contributed by atoms with E-state index in [1.54, 1.807) is 0 Å². The zero-order valence-corrected chi connectivity index (χ0v) is 12.7. The van der Waals surface area contributed by atoms with Crippen molar-refractivity contribution in [3.63, 3.8) is 0 Å². The van der Waals surface area contributed by atoms with Gasteiger partial charge in [0.15, 0.2) is 0 Å². The summed E-state index contributed by atoms with van der Waals surface area (Å²) in [6, 6.07) is 2.10. The fourth-order valence-electron chi connectivity index (χ4n) is 3.50. The van der Waals surface area contributed by atoms with Crippen LogP contribution >= 0.6 is 0 Å². The van der Waals surface area contributed by atoms with Crippen LogP contribution in [0.3, 0.4) is 0 Å². The summed E-state index contributed by atoms with van der Waals surface area (Å²) >= 11 is 0. The number of nitrogens with zero attached hydrogens (tertiary/aromatic N) is 2. The average molecular weight is 264 g/mol. The number of rotatable bonds is 4. The average Bonchev–Trinajstić information content (AvgIpc) is 2.54. The second-order valence-corrected chi connectivity index (χ2v) is 6.39. The van der Waals surface area contributed by atoms with Crippen molar-refractivity contribution in [3.8, 4) is 0 Å². The number of aliphatic hydroxyl groups is 1. The van der Waals surface area contributed by atoms with Crippen molar-refractivity contribution in [2.75, 3.05) is 0 Å². The van der Waals surface area contributed by atoms with Crippen molar-refractivity contribution >= 4 is 0 Å². The molecule has 1 saturated carbocycles. The molecule has 19 heavy (non-hydrogen) atoms. The van der Waals surface area contributed by atoms with Gasteiger partial charge >= 0.3 is 0 Å². The lowest BCUT2D eigenvalue weighted by Gasteiger charge is -2.26. The maximum atomic E-state index is 10.9. The molecule has 2 atom stereocenters. The summed E-state index contributed by atoms with van der Waals surface area (Å²) in [6.45, 7) is 4.27. The number of aryl methyl sites for hydroxylation is 2. The van der Waals surface area contributed by atoms with Crippen LogP contribution < -0.4 is 0 Å². The quantitative estimate of drug-likeness (QED) is 0.847. The van der Waals surface area contributed by atoms with E-state index in [2.05, 4.69) is 18.1 Å². The summed E-state index contributed by atoms with van der Waals surface area (Å²) in [6.07, 6.45) is 8.87. The van der Waals surface area contributed by atoms with Gasteiger partial charge < -0.3 is 5.11 Å². The Morgan fingerprint density at radius 3 is 2.84 bits per heavy atom. The van der Waals surface area contributed by atoms with Gasteiger partial charge in [0.1, 0.15) is 0 Å². The molecule has 2 unspecified atom stereocenters. The lowest BCUT2D eigenvalue weighted by Crippen LogP contribution is -2.31. The molecular formula is C16H28N2O. The van der Waals surface area contributed by atoms with Crippen LogP contribution in [0.2, 0.25) is 0 Å². The number of hydrogen-bond acceptors (Lipinski definition) is 2. The summed E-state index contributed by atoms with van der Waals surface area (Å²) in [5, 5.41) is 15.3. The van der Waals surface area contributed by atoms with Gasteiger partial charge in [0.2, 0.25) is 0 Å². The predicted octanol–water partition coefficient (Wildman–Crippen LogP) is 3.38. The normalized spacial score (nSPS) is 28.3. The highest BCUT2D eigenvalue weighted by Crippen LogP contribution is 2.34. The molecule has 108 valence electrons. The van der Waals surface area contributed by atoms with Gasteiger partial charge in [-0.1, -0.05) is 32.6 Å². The van der Waals surface area contributed by atoms with Gasteiger partial charge in [-0.15, -0.1) is 0 Å². The Hall–Kier alpha value is -0.830. The van der Waals surface area contributed by atoms with E-state index in [9.17, 15) is 5.11 Å². The van der Waals surface area contributed by atoms with E-state index in [0.29, 0.717) is 0 Å². The third-order valence-electron chi connectivity index (χ3n) is 4.58. The molecule has 3 heteroatoms. The SMILES string of the molecule is CCCC1CCCC(O)(Cc2cc(C)nn2C)CC1. The first-order chi connectivity index (χ1) is 9.02. The highest BCUT2D eigenvalue weighted by atomic mass is 16.3. The van der Waals surface area contributed by atoms with Crippen LogP contribution in [0, 0.1) is 12.8 Å². The fourth-order valence-corrected chi connectivity index (χ4v) is 3.50. The summed E-state index contributed by atoms with van der Waals surface area (Å²) in [5.41, 5.74) is 1.69. The van der Waals surface area contributed by atoms with Crippen LogP contribution in [-0.2, 0) is 13.5 Å². The van der Waals surface area contributed by atoms with E-state index in [4.69, 9.17) is 0 Å². The zero-order chi connectivity index (χ0) is 13.9.